The van der Waals surface area contributed by atoms with Crippen molar-refractivity contribution in [3.05, 3.63) is 92.0 Å². The van der Waals surface area contributed by atoms with E-state index in [2.05, 4.69) is 30.1 Å². The van der Waals surface area contributed by atoms with Crippen LogP contribution in [0.2, 0.25) is 0 Å². The maximum absolute atomic E-state index is 5.62. The molecule has 0 aliphatic heterocycles. The van der Waals surface area contributed by atoms with Gasteiger partial charge in [-0.15, -0.1) is 0 Å². The molecule has 5 aromatic rings. The Labute approximate surface area is 171 Å². The van der Waals surface area contributed by atoms with Gasteiger partial charge in [0.05, 0.1) is 0 Å². The number of benzene rings is 1. The second-order valence-corrected chi connectivity index (χ2v) is 5.83. The predicted molar refractivity (Wildman–Crippen MR) is 109 cm³/mol. The van der Waals surface area contributed by atoms with E-state index in [1.54, 1.807) is 40.1 Å². The van der Waals surface area contributed by atoms with Gasteiger partial charge < -0.3 is 10.5 Å². The van der Waals surface area contributed by atoms with Crippen LogP contribution in [-0.2, 0) is 0 Å². The molecule has 1 aromatic carbocycles. The van der Waals surface area contributed by atoms with Gasteiger partial charge >= 0.3 is 0 Å². The van der Waals surface area contributed by atoms with E-state index in [1.807, 2.05) is 48.7 Å². The van der Waals surface area contributed by atoms with Crippen LogP contribution >= 0.6 is 0 Å². The average Bonchev–Trinajstić information content (AvgIpc) is 3.50. The number of para-hydroxylation sites is 1. The summed E-state index contributed by atoms with van der Waals surface area (Å²) in [5.41, 5.74) is 5.47. The molecule has 0 atom stereocenters. The Morgan fingerprint density at radius 3 is 1.93 bits per heavy atom. The van der Waals surface area contributed by atoms with Crippen molar-refractivity contribution < 1.29 is 4.74 Å². The lowest BCUT2D eigenvalue weighted by atomic mass is 10.3. The molecular weight excluding hydrogens is 382 g/mol. The van der Waals surface area contributed by atoms with Gasteiger partial charge in [0.2, 0.25) is 5.88 Å². The molecule has 0 bridgehead atoms. The van der Waals surface area contributed by atoms with Crippen molar-refractivity contribution in [3.63, 3.8) is 0 Å². The highest BCUT2D eigenvalue weighted by molar-refractivity contribution is 5.35. The SMILES string of the molecule is Nc1cc(-n2cccn2)ncn1.c1ccc(Oc2cc(-n3cccn3)ncn2)cc1. The number of nitrogen functional groups attached to an aromatic ring is 1. The molecule has 0 radical (unpaired) electrons. The van der Waals surface area contributed by atoms with Crippen LogP contribution in [0.5, 0.6) is 11.6 Å². The largest absolute Gasteiger partial charge is 0.439 e. The Morgan fingerprint density at radius 2 is 1.33 bits per heavy atom. The minimum Gasteiger partial charge on any atom is -0.439 e. The summed E-state index contributed by atoms with van der Waals surface area (Å²) in [6.07, 6.45) is 9.84. The van der Waals surface area contributed by atoms with Gasteiger partial charge in [-0.2, -0.15) is 10.2 Å². The van der Waals surface area contributed by atoms with Gasteiger partial charge in [0.1, 0.15) is 24.2 Å². The summed E-state index contributed by atoms with van der Waals surface area (Å²) in [4.78, 5) is 16.0. The summed E-state index contributed by atoms with van der Waals surface area (Å²) in [5, 5.41) is 8.10. The van der Waals surface area contributed by atoms with Crippen LogP contribution in [-0.4, -0.2) is 39.5 Å². The first-order valence-electron chi connectivity index (χ1n) is 8.90. The third-order valence-corrected chi connectivity index (χ3v) is 3.75. The molecule has 0 saturated heterocycles. The van der Waals surface area contributed by atoms with Crippen LogP contribution in [0.1, 0.15) is 0 Å². The molecule has 5 rings (SSSR count). The number of ether oxygens (including phenoxy) is 1. The fourth-order valence-corrected chi connectivity index (χ4v) is 2.42. The van der Waals surface area contributed by atoms with Crippen LogP contribution in [0.15, 0.2) is 92.0 Å². The number of hydrogen-bond acceptors (Lipinski definition) is 8. The standard InChI is InChI=1S/C13H10N4O.C7H7N5/c1-2-5-11(6-3-1)18-13-9-12(14-10-15-13)17-8-4-7-16-17;8-6-4-7(10-5-9-6)12-3-1-2-11-12/h1-10H;1-5H,(H2,8,9,10). The molecule has 0 amide bonds. The molecule has 30 heavy (non-hydrogen) atoms. The van der Waals surface area contributed by atoms with Gasteiger partial charge in [-0.3, -0.25) is 0 Å². The van der Waals surface area contributed by atoms with Crippen LogP contribution < -0.4 is 10.5 Å². The molecule has 0 saturated carbocycles. The third-order valence-electron chi connectivity index (χ3n) is 3.75. The topological polar surface area (TPSA) is 122 Å². The smallest absolute Gasteiger partial charge is 0.224 e. The number of anilines is 1. The van der Waals surface area contributed by atoms with Gasteiger partial charge in [-0.05, 0) is 24.3 Å². The summed E-state index contributed by atoms with van der Waals surface area (Å²) in [7, 11) is 0. The highest BCUT2D eigenvalue weighted by atomic mass is 16.5. The maximum Gasteiger partial charge on any atom is 0.224 e. The van der Waals surface area contributed by atoms with E-state index >= 15 is 0 Å². The van der Waals surface area contributed by atoms with Gasteiger partial charge in [-0.25, -0.2) is 29.3 Å². The van der Waals surface area contributed by atoms with Gasteiger partial charge in [0.25, 0.3) is 0 Å². The molecular formula is C20H17N9O. The van der Waals surface area contributed by atoms with Crippen LogP contribution in [0.25, 0.3) is 11.6 Å². The van der Waals surface area contributed by atoms with Crippen molar-refractivity contribution in [2.45, 2.75) is 0 Å². The molecule has 0 unspecified atom stereocenters. The zero-order chi connectivity index (χ0) is 20.6. The normalized spacial score (nSPS) is 10.1. The Bertz CT molecular complexity index is 1180. The second kappa shape index (κ2) is 9.06. The van der Waals surface area contributed by atoms with Crippen molar-refractivity contribution in [2.24, 2.45) is 0 Å². The Morgan fingerprint density at radius 1 is 0.700 bits per heavy atom. The number of nitrogens with zero attached hydrogens (tertiary/aromatic N) is 8. The van der Waals surface area contributed by atoms with Crippen molar-refractivity contribution >= 4 is 5.82 Å². The lowest BCUT2D eigenvalue weighted by Crippen LogP contribution is -2.00. The van der Waals surface area contributed by atoms with Gasteiger partial charge in [0, 0.05) is 36.9 Å². The second-order valence-electron chi connectivity index (χ2n) is 5.83. The monoisotopic (exact) mass is 399 g/mol. The number of hydrogen-bond donors (Lipinski definition) is 1. The first-order valence-corrected chi connectivity index (χ1v) is 8.90. The highest BCUT2D eigenvalue weighted by Gasteiger charge is 2.03. The summed E-state index contributed by atoms with van der Waals surface area (Å²) < 4.78 is 8.90. The number of rotatable bonds is 4. The zero-order valence-corrected chi connectivity index (χ0v) is 15.7. The van der Waals surface area contributed by atoms with E-state index in [0.29, 0.717) is 23.3 Å². The van der Waals surface area contributed by atoms with Crippen molar-refractivity contribution in [2.75, 3.05) is 5.73 Å². The van der Waals surface area contributed by atoms with E-state index < -0.39 is 0 Å². The lowest BCUT2D eigenvalue weighted by molar-refractivity contribution is 0.460. The van der Waals surface area contributed by atoms with Crippen molar-refractivity contribution in [1.82, 2.24) is 39.5 Å². The molecule has 0 aliphatic rings. The first-order chi connectivity index (χ1) is 14.8. The van der Waals surface area contributed by atoms with Crippen LogP contribution in [0.3, 0.4) is 0 Å². The van der Waals surface area contributed by atoms with Crippen LogP contribution in [0.4, 0.5) is 5.82 Å². The Balaban J connectivity index is 0.000000158. The summed E-state index contributed by atoms with van der Waals surface area (Å²) in [6.45, 7) is 0. The molecule has 2 N–H and O–H groups in total. The van der Waals surface area contributed by atoms with Crippen molar-refractivity contribution in [3.8, 4) is 23.3 Å². The van der Waals surface area contributed by atoms with Crippen molar-refractivity contribution in [1.29, 1.82) is 0 Å². The average molecular weight is 399 g/mol. The minimum absolute atomic E-state index is 0.440. The molecule has 10 heteroatoms. The molecule has 4 heterocycles. The Kier molecular flexibility index (Phi) is 5.66. The summed E-state index contributed by atoms with van der Waals surface area (Å²) in [5.74, 6) is 3.01. The fourth-order valence-electron chi connectivity index (χ4n) is 2.42. The van der Waals surface area contributed by atoms with E-state index in [-0.39, 0.29) is 0 Å². The zero-order valence-electron chi connectivity index (χ0n) is 15.7. The Hall–Kier alpha value is -4.60. The molecule has 10 nitrogen and oxygen atoms in total. The molecule has 4 aromatic heterocycles. The van der Waals surface area contributed by atoms with E-state index in [4.69, 9.17) is 10.5 Å². The van der Waals surface area contributed by atoms with E-state index in [0.717, 1.165) is 5.75 Å². The van der Waals surface area contributed by atoms with E-state index in [1.165, 1.54) is 12.7 Å². The number of aromatic nitrogens is 8. The third kappa shape index (κ3) is 4.81. The quantitative estimate of drug-likeness (QED) is 0.489. The summed E-state index contributed by atoms with van der Waals surface area (Å²) in [6, 6.07) is 16.5. The lowest BCUT2D eigenvalue weighted by Gasteiger charge is -2.05. The highest BCUT2D eigenvalue weighted by Crippen LogP contribution is 2.19. The molecule has 0 spiro atoms. The first kappa shape index (κ1) is 18.7. The minimum atomic E-state index is 0.440. The van der Waals surface area contributed by atoms with Crippen LogP contribution in [0, 0.1) is 0 Å². The molecule has 0 aliphatic carbocycles. The van der Waals surface area contributed by atoms with Gasteiger partial charge in [0.15, 0.2) is 11.6 Å². The molecule has 148 valence electrons. The molecule has 0 fully saturated rings. The number of nitrogens with two attached hydrogens (primary N) is 1. The summed E-state index contributed by atoms with van der Waals surface area (Å²) >= 11 is 0. The van der Waals surface area contributed by atoms with Gasteiger partial charge in [-0.1, -0.05) is 18.2 Å². The maximum atomic E-state index is 5.62. The van der Waals surface area contributed by atoms with E-state index in [9.17, 15) is 0 Å². The predicted octanol–water partition coefficient (Wildman–Crippen LogP) is 2.70. The fraction of sp³-hybridized carbons (Fsp3) is 0.